The van der Waals surface area contributed by atoms with E-state index < -0.39 is 11.9 Å². The standard InChI is InChI=1S/C12H7NO4/c13-6-2-1-3-8-4-5-9(11(14)15)7-10(8)12(16)17/h4-5,7H,2H2,(H,14,15)(H,16,17). The Labute approximate surface area is 96.9 Å². The highest BCUT2D eigenvalue weighted by molar-refractivity contribution is 5.95. The minimum atomic E-state index is -1.26. The SMILES string of the molecule is N#CCC#Cc1ccc(C(=O)O)cc1C(=O)O. The first-order chi connectivity index (χ1) is 8.06. The van der Waals surface area contributed by atoms with Crippen molar-refractivity contribution < 1.29 is 19.8 Å². The average molecular weight is 229 g/mol. The summed E-state index contributed by atoms with van der Waals surface area (Å²) < 4.78 is 0. The Hall–Kier alpha value is -2.79. The van der Waals surface area contributed by atoms with E-state index in [9.17, 15) is 9.59 Å². The molecule has 2 N–H and O–H groups in total. The predicted octanol–water partition coefficient (Wildman–Crippen LogP) is 1.35. The van der Waals surface area contributed by atoms with Gasteiger partial charge in [0.2, 0.25) is 0 Å². The normalized spacial score (nSPS) is 8.65. The quantitative estimate of drug-likeness (QED) is 0.746. The molecule has 1 rings (SSSR count). The molecule has 17 heavy (non-hydrogen) atoms. The molecule has 5 nitrogen and oxygen atoms in total. The molecular weight excluding hydrogens is 222 g/mol. The molecule has 0 fully saturated rings. The molecule has 1 aromatic carbocycles. The first-order valence-corrected chi connectivity index (χ1v) is 4.52. The number of carbonyl (C=O) groups is 2. The lowest BCUT2D eigenvalue weighted by molar-refractivity contribution is 0.0695. The third-order valence-electron chi connectivity index (χ3n) is 1.89. The van der Waals surface area contributed by atoms with Crippen molar-refractivity contribution in [2.24, 2.45) is 0 Å². The van der Waals surface area contributed by atoms with Crippen molar-refractivity contribution in [3.8, 4) is 17.9 Å². The minimum absolute atomic E-state index is 0.0141. The molecule has 0 atom stereocenters. The van der Waals surface area contributed by atoms with E-state index in [-0.39, 0.29) is 23.1 Å². The van der Waals surface area contributed by atoms with Crippen LogP contribution in [0.3, 0.4) is 0 Å². The lowest BCUT2D eigenvalue weighted by Crippen LogP contribution is -2.04. The van der Waals surface area contributed by atoms with Crippen LogP contribution in [0.25, 0.3) is 0 Å². The molecule has 0 saturated heterocycles. The maximum atomic E-state index is 10.9. The second-order valence-corrected chi connectivity index (χ2v) is 3.01. The third kappa shape index (κ3) is 3.08. The van der Waals surface area contributed by atoms with Crippen LogP contribution in [-0.4, -0.2) is 22.2 Å². The van der Waals surface area contributed by atoms with Gasteiger partial charge in [0.25, 0.3) is 0 Å². The van der Waals surface area contributed by atoms with E-state index >= 15 is 0 Å². The third-order valence-corrected chi connectivity index (χ3v) is 1.89. The molecule has 84 valence electrons. The Morgan fingerprint density at radius 1 is 1.24 bits per heavy atom. The van der Waals surface area contributed by atoms with Gasteiger partial charge in [0.15, 0.2) is 0 Å². The number of carboxylic acids is 2. The molecule has 0 radical (unpaired) electrons. The van der Waals surface area contributed by atoms with Crippen molar-refractivity contribution in [1.29, 1.82) is 5.26 Å². The Morgan fingerprint density at radius 3 is 2.47 bits per heavy atom. The summed E-state index contributed by atoms with van der Waals surface area (Å²) in [5.74, 6) is 2.53. The molecule has 1 aromatic rings. The van der Waals surface area contributed by atoms with Crippen LogP contribution in [0.1, 0.15) is 32.7 Å². The second-order valence-electron chi connectivity index (χ2n) is 3.01. The number of hydrogen-bond acceptors (Lipinski definition) is 3. The number of nitriles is 1. The molecule has 0 unspecified atom stereocenters. The van der Waals surface area contributed by atoms with Gasteiger partial charge in [-0.25, -0.2) is 9.59 Å². The van der Waals surface area contributed by atoms with Crippen molar-refractivity contribution in [2.75, 3.05) is 0 Å². The van der Waals surface area contributed by atoms with Crippen LogP contribution >= 0.6 is 0 Å². The number of aromatic carboxylic acids is 2. The van der Waals surface area contributed by atoms with E-state index in [0.717, 1.165) is 6.07 Å². The Kier molecular flexibility index (Phi) is 3.86. The second kappa shape index (κ2) is 5.34. The van der Waals surface area contributed by atoms with Gasteiger partial charge >= 0.3 is 11.9 Å². The number of hydrogen-bond donors (Lipinski definition) is 2. The zero-order chi connectivity index (χ0) is 12.8. The van der Waals surface area contributed by atoms with E-state index in [1.54, 1.807) is 6.07 Å². The van der Waals surface area contributed by atoms with Gasteiger partial charge in [-0.2, -0.15) is 5.26 Å². The number of carboxylic acid groups (broad SMARTS) is 2. The van der Waals surface area contributed by atoms with Gasteiger partial charge in [-0.1, -0.05) is 11.8 Å². The number of nitrogens with zero attached hydrogens (tertiary/aromatic N) is 1. The molecule has 0 bridgehead atoms. The number of rotatable bonds is 2. The molecular formula is C12H7NO4. The summed E-state index contributed by atoms with van der Waals surface area (Å²) in [5, 5.41) is 25.9. The zero-order valence-electron chi connectivity index (χ0n) is 8.60. The summed E-state index contributed by atoms with van der Waals surface area (Å²) in [6, 6.07) is 5.43. The smallest absolute Gasteiger partial charge is 0.336 e. The topological polar surface area (TPSA) is 98.4 Å². The Balaban J connectivity index is 3.25. The van der Waals surface area contributed by atoms with Gasteiger partial charge in [0.05, 0.1) is 23.6 Å². The highest BCUT2D eigenvalue weighted by Gasteiger charge is 2.12. The summed E-state index contributed by atoms with van der Waals surface area (Å²) in [4.78, 5) is 21.6. The van der Waals surface area contributed by atoms with Crippen molar-refractivity contribution >= 4 is 11.9 Å². The van der Waals surface area contributed by atoms with Crippen molar-refractivity contribution in [3.05, 3.63) is 34.9 Å². The Bertz CT molecular complexity index is 572. The molecule has 0 aliphatic carbocycles. The summed E-state index contributed by atoms with van der Waals surface area (Å²) >= 11 is 0. The van der Waals surface area contributed by atoms with E-state index in [1.165, 1.54) is 12.1 Å². The predicted molar refractivity (Wildman–Crippen MR) is 57.5 cm³/mol. The van der Waals surface area contributed by atoms with Gasteiger partial charge in [-0.05, 0) is 18.2 Å². The highest BCUT2D eigenvalue weighted by Crippen LogP contribution is 2.11. The minimum Gasteiger partial charge on any atom is -0.478 e. The fourth-order valence-corrected chi connectivity index (χ4v) is 1.14. The number of benzene rings is 1. The van der Waals surface area contributed by atoms with E-state index in [0.29, 0.717) is 0 Å². The Morgan fingerprint density at radius 2 is 1.94 bits per heavy atom. The monoisotopic (exact) mass is 229 g/mol. The van der Waals surface area contributed by atoms with Crippen molar-refractivity contribution in [1.82, 2.24) is 0 Å². The van der Waals surface area contributed by atoms with Crippen LogP contribution in [0.4, 0.5) is 0 Å². The van der Waals surface area contributed by atoms with Crippen molar-refractivity contribution in [3.63, 3.8) is 0 Å². The van der Waals surface area contributed by atoms with Gasteiger partial charge in [0.1, 0.15) is 0 Å². The first kappa shape index (κ1) is 12.3. The summed E-state index contributed by atoms with van der Waals surface area (Å²) in [6.45, 7) is 0. The van der Waals surface area contributed by atoms with E-state index in [4.69, 9.17) is 15.5 Å². The largest absolute Gasteiger partial charge is 0.478 e. The van der Waals surface area contributed by atoms with Crippen LogP contribution < -0.4 is 0 Å². The van der Waals surface area contributed by atoms with Crippen LogP contribution in [0.2, 0.25) is 0 Å². The van der Waals surface area contributed by atoms with E-state index in [2.05, 4.69) is 11.8 Å². The van der Waals surface area contributed by atoms with Crippen LogP contribution in [0.5, 0.6) is 0 Å². The summed E-state index contributed by atoms with van der Waals surface area (Å²) in [5.41, 5.74) is -0.110. The molecule has 0 spiro atoms. The van der Waals surface area contributed by atoms with Gasteiger partial charge in [-0.15, -0.1) is 0 Å². The summed E-state index contributed by atoms with van der Waals surface area (Å²) in [7, 11) is 0. The fraction of sp³-hybridized carbons (Fsp3) is 0.0833. The fourth-order valence-electron chi connectivity index (χ4n) is 1.14. The molecule has 0 heterocycles. The molecule has 5 heteroatoms. The lowest BCUT2D eigenvalue weighted by atomic mass is 10.0. The maximum absolute atomic E-state index is 10.9. The van der Waals surface area contributed by atoms with Gasteiger partial charge in [-0.3, -0.25) is 0 Å². The maximum Gasteiger partial charge on any atom is 0.336 e. The molecule has 0 aliphatic rings. The highest BCUT2D eigenvalue weighted by atomic mass is 16.4. The summed E-state index contributed by atoms with van der Waals surface area (Å²) in [6.07, 6.45) is -0.0141. The molecule has 0 aliphatic heterocycles. The van der Waals surface area contributed by atoms with Crippen molar-refractivity contribution in [2.45, 2.75) is 6.42 Å². The van der Waals surface area contributed by atoms with Gasteiger partial charge < -0.3 is 10.2 Å². The van der Waals surface area contributed by atoms with Gasteiger partial charge in [0, 0.05) is 5.56 Å². The first-order valence-electron chi connectivity index (χ1n) is 4.52. The molecule has 0 aromatic heterocycles. The molecule has 0 amide bonds. The van der Waals surface area contributed by atoms with Crippen LogP contribution in [0.15, 0.2) is 18.2 Å². The van der Waals surface area contributed by atoms with Crippen LogP contribution in [-0.2, 0) is 0 Å². The van der Waals surface area contributed by atoms with Crippen LogP contribution in [0, 0.1) is 23.2 Å². The average Bonchev–Trinajstić information content (AvgIpc) is 2.29. The lowest BCUT2D eigenvalue weighted by Gasteiger charge is -2.00. The zero-order valence-corrected chi connectivity index (χ0v) is 8.60. The van der Waals surface area contributed by atoms with E-state index in [1.807, 2.05) is 0 Å². The molecule has 0 saturated carbocycles.